The minimum atomic E-state index is -4.83. The van der Waals surface area contributed by atoms with E-state index in [2.05, 4.69) is 58.1 Å². The number of aliphatic hydroxyl groups excluding tert-OH is 1. The molecule has 6 rings (SSSR count). The molecule has 0 aliphatic heterocycles. The Balaban J connectivity index is 0.000000341. The van der Waals surface area contributed by atoms with E-state index >= 15 is 0 Å². The van der Waals surface area contributed by atoms with Gasteiger partial charge in [0.1, 0.15) is 48.1 Å². The maximum atomic E-state index is 13.4. The number of aromatic nitrogens is 4. The predicted octanol–water partition coefficient (Wildman–Crippen LogP) is 8.78. The third kappa shape index (κ3) is 16.4. The molecule has 2 amide bonds. The van der Waals surface area contributed by atoms with E-state index in [-0.39, 0.29) is 59.3 Å². The van der Waals surface area contributed by atoms with E-state index in [1.807, 2.05) is 0 Å². The fraction of sp³-hybridized carbons (Fsp3) is 0.190. The molecule has 0 atom stereocenters. The molecule has 0 saturated carbocycles. The fourth-order valence-electron chi connectivity index (χ4n) is 5.48. The second-order valence-electron chi connectivity index (χ2n) is 13.4. The Hall–Kier alpha value is -4.69. The van der Waals surface area contributed by atoms with E-state index in [0.717, 1.165) is 65.6 Å². The van der Waals surface area contributed by atoms with E-state index in [4.69, 9.17) is 42.5 Å². The van der Waals surface area contributed by atoms with Gasteiger partial charge in [0.2, 0.25) is 0 Å². The summed E-state index contributed by atoms with van der Waals surface area (Å²) < 4.78 is 124. The van der Waals surface area contributed by atoms with Crippen molar-refractivity contribution in [2.24, 2.45) is 0 Å². The second-order valence-corrected chi connectivity index (χ2v) is 30.4. The molecule has 0 unspecified atom stereocenters. The van der Waals surface area contributed by atoms with Gasteiger partial charge in [-0.2, -0.15) is 36.5 Å². The minimum absolute atomic E-state index is 0. The number of carbonyl (C=O) groups excluding carboxylic acids is 2. The number of hydrogen-bond donors (Lipinski definition) is 3. The van der Waals surface area contributed by atoms with Gasteiger partial charge < -0.3 is 30.0 Å². The van der Waals surface area contributed by atoms with E-state index in [9.17, 15) is 54.3 Å². The second kappa shape index (κ2) is 26.0. The molecule has 0 bridgehead atoms. The van der Waals surface area contributed by atoms with Crippen LogP contribution in [0.5, 0.6) is 23.0 Å². The van der Waals surface area contributed by atoms with Gasteiger partial charge in [-0.25, -0.2) is 18.1 Å². The first-order valence-corrected chi connectivity index (χ1v) is 31.7. The first-order valence-electron chi connectivity index (χ1n) is 18.3. The Labute approximate surface area is 425 Å². The van der Waals surface area contributed by atoms with Crippen LogP contribution in [0.4, 0.5) is 46.5 Å². The molecule has 2 aromatic heterocycles. The molecule has 0 saturated heterocycles. The molecule has 27 heteroatoms. The predicted molar refractivity (Wildman–Crippen MR) is 252 cm³/mol. The normalized spacial score (nSPS) is 11.0. The van der Waals surface area contributed by atoms with Gasteiger partial charge >= 0.3 is 62.8 Å². The third-order valence-corrected chi connectivity index (χ3v) is 9.22. The van der Waals surface area contributed by atoms with E-state index in [1.165, 1.54) is 33.1 Å². The molecule has 372 valence electrons. The van der Waals surface area contributed by atoms with Crippen molar-refractivity contribution < 1.29 is 77.3 Å². The SMILES string of the molecule is C.COCn1ncc(NC(=O)c2cc(Cl)c(C(F)(F)F)cc2Oc2ccc(F)cc2C)cc1=O.Cc1cc(F)ccc1Oc1cc(C(F)(F)F)c(Cl)cc1C(=O)Nc1cnn(CO)c(=O)c1.I[I-]I. The Bertz CT molecular complexity index is 2930. The summed E-state index contributed by atoms with van der Waals surface area (Å²) in [4.78, 5) is 49.4. The molecule has 14 nitrogen and oxygen atoms in total. The number of nitrogens with zero attached hydrogens (tertiary/aromatic N) is 4. The topological polar surface area (TPSA) is 176 Å². The van der Waals surface area contributed by atoms with Crippen molar-refractivity contribution >= 4 is 83.6 Å². The molecule has 0 aliphatic carbocycles. The molecule has 6 aromatic rings. The van der Waals surface area contributed by atoms with Crippen LogP contribution in [-0.4, -0.2) is 43.6 Å². The molecule has 4 aromatic carbocycles. The Kier molecular flexibility index (Phi) is 22.1. The maximum absolute atomic E-state index is 13.4. The summed E-state index contributed by atoms with van der Waals surface area (Å²) in [5.74, 6) is -3.92. The number of aliphatic hydroxyl groups is 1. The average molecular weight is 1350 g/mol. The van der Waals surface area contributed by atoms with Crippen LogP contribution in [0.3, 0.4) is 0 Å². The molecule has 0 fully saturated rings. The molecule has 3 N–H and O–H groups in total. The zero-order valence-corrected chi connectivity index (χ0v) is 42.5. The fourth-order valence-corrected chi connectivity index (χ4v) is 6.02. The number of alkyl halides is 6. The van der Waals surface area contributed by atoms with Crippen molar-refractivity contribution in [3.05, 3.63) is 161 Å². The van der Waals surface area contributed by atoms with Crippen LogP contribution in [0.15, 0.2) is 94.8 Å². The summed E-state index contributed by atoms with van der Waals surface area (Å²) in [5.41, 5.74) is -4.03. The quantitative estimate of drug-likeness (QED) is 0.0840. The van der Waals surface area contributed by atoms with Gasteiger partial charge in [-0.3, -0.25) is 19.2 Å². The van der Waals surface area contributed by atoms with Crippen molar-refractivity contribution in [1.82, 2.24) is 19.6 Å². The summed E-state index contributed by atoms with van der Waals surface area (Å²) in [7, 11) is 1.36. The number of benzene rings is 4. The van der Waals surface area contributed by atoms with Gasteiger partial charge in [-0.05, 0) is 85.6 Å². The monoisotopic (exact) mass is 1350 g/mol. The number of aryl methyl sites for hydroxylation is 2. The first-order chi connectivity index (χ1) is 31.9. The Morgan fingerprint density at radius 3 is 1.38 bits per heavy atom. The van der Waals surface area contributed by atoms with Gasteiger partial charge in [0.15, 0.2) is 0 Å². The number of ether oxygens (including phenoxy) is 3. The van der Waals surface area contributed by atoms with Crippen LogP contribution in [0.2, 0.25) is 10.0 Å². The average Bonchev–Trinajstić information content (AvgIpc) is 3.24. The number of halogens is 13. The Morgan fingerprint density at radius 2 is 1.06 bits per heavy atom. The third-order valence-electron chi connectivity index (χ3n) is 8.59. The summed E-state index contributed by atoms with van der Waals surface area (Å²) in [6, 6.07) is 11.5. The summed E-state index contributed by atoms with van der Waals surface area (Å²) in [6.45, 7) is 2.16. The van der Waals surface area contributed by atoms with Crippen molar-refractivity contribution in [2.75, 3.05) is 17.7 Å². The van der Waals surface area contributed by atoms with Crippen molar-refractivity contribution in [1.29, 1.82) is 0 Å². The zero-order chi connectivity index (χ0) is 50.7. The number of rotatable bonds is 11. The molecule has 0 aliphatic rings. The molecular weight excluding hydrogens is 1320 g/mol. The van der Waals surface area contributed by atoms with Crippen LogP contribution < -0.4 is 44.5 Å². The molecule has 69 heavy (non-hydrogen) atoms. The number of amides is 2. The van der Waals surface area contributed by atoms with Crippen LogP contribution >= 0.6 is 60.4 Å². The number of carbonyl (C=O) groups is 2. The van der Waals surface area contributed by atoms with Crippen LogP contribution in [0.1, 0.15) is 50.4 Å². The number of anilines is 2. The number of methoxy groups -OCH3 is 1. The summed E-state index contributed by atoms with van der Waals surface area (Å²) >= 11 is 16.8. The van der Waals surface area contributed by atoms with Crippen molar-refractivity contribution in [3.8, 4) is 23.0 Å². The van der Waals surface area contributed by atoms with Crippen LogP contribution in [0.25, 0.3) is 0 Å². The summed E-state index contributed by atoms with van der Waals surface area (Å²) in [6.07, 6.45) is -7.43. The van der Waals surface area contributed by atoms with Gasteiger partial charge in [0.05, 0.1) is 56.1 Å². The molecule has 0 spiro atoms. The summed E-state index contributed by atoms with van der Waals surface area (Å²) in [5, 5.41) is 19.6. The zero-order valence-electron chi connectivity index (χ0n) is 34.5. The number of nitrogens with one attached hydrogen (secondary N) is 2. The number of hydrogen-bond acceptors (Lipinski definition) is 10. The molecule has 2 heterocycles. The van der Waals surface area contributed by atoms with Gasteiger partial charge in [-0.1, -0.05) is 30.6 Å². The van der Waals surface area contributed by atoms with Crippen molar-refractivity contribution in [2.45, 2.75) is 47.1 Å². The van der Waals surface area contributed by atoms with Gasteiger partial charge in [0.25, 0.3) is 22.9 Å². The van der Waals surface area contributed by atoms with Crippen LogP contribution in [-0.2, 0) is 30.6 Å². The molecular formula is C42H34Cl2F8I3N6O8-. The van der Waals surface area contributed by atoms with Crippen LogP contribution in [0, 0.1) is 25.5 Å². The van der Waals surface area contributed by atoms with E-state index < -0.39 is 86.3 Å². The van der Waals surface area contributed by atoms with Crippen molar-refractivity contribution in [3.63, 3.8) is 0 Å². The van der Waals surface area contributed by atoms with Gasteiger partial charge in [0, 0.05) is 19.2 Å². The Morgan fingerprint density at radius 1 is 0.681 bits per heavy atom. The van der Waals surface area contributed by atoms with Gasteiger partial charge in [-0.15, -0.1) is 0 Å². The first kappa shape index (κ1) is 58.6. The van der Waals surface area contributed by atoms with E-state index in [1.54, 1.807) is 0 Å². The molecule has 0 radical (unpaired) electrons. The standard InChI is InChI=1S/C21H16ClF4N3O4.C20H14ClF4N3O4.CH4.I3/c1-11-5-12(23)3-4-17(11)33-18-8-15(21(24,25)26)16(22)7-14(18)20(31)28-13-6-19(30)29(10-32-2)27-9-13;1-10-4-11(22)2-3-16(10)32-17-7-14(20(23,24)25)15(21)6-13(17)19(31)27-12-5-18(30)28(9-29)26-8-12;;1-3-2/h3-9H,10H2,1-2H3,(H,28,31);2-8,29H,9H2,1H3,(H,27,31);1H4;/q;;;-1. The van der Waals surface area contributed by atoms with E-state index in [0.29, 0.717) is 30.1 Å².